The van der Waals surface area contributed by atoms with Crippen molar-refractivity contribution in [2.24, 2.45) is 23.2 Å². The van der Waals surface area contributed by atoms with Crippen molar-refractivity contribution in [3.8, 4) is 11.5 Å². The summed E-state index contributed by atoms with van der Waals surface area (Å²) in [6, 6.07) is 15.0. The zero-order chi connectivity index (χ0) is 18.8. The van der Waals surface area contributed by atoms with Gasteiger partial charge < -0.3 is 4.74 Å². The van der Waals surface area contributed by atoms with Gasteiger partial charge in [-0.1, -0.05) is 29.8 Å². The van der Waals surface area contributed by atoms with E-state index in [4.69, 9.17) is 4.74 Å². The predicted molar refractivity (Wildman–Crippen MR) is 103 cm³/mol. The van der Waals surface area contributed by atoms with E-state index in [1.807, 2.05) is 38.1 Å². The van der Waals surface area contributed by atoms with Crippen LogP contribution in [0.25, 0.3) is 0 Å². The van der Waals surface area contributed by atoms with E-state index >= 15 is 0 Å². The predicted octanol–water partition coefficient (Wildman–Crippen LogP) is 4.49. The van der Waals surface area contributed by atoms with E-state index in [2.05, 4.69) is 12.2 Å². The Morgan fingerprint density at radius 3 is 2.22 bits per heavy atom. The number of hydrogen-bond acceptors (Lipinski definition) is 3. The third kappa shape index (κ3) is 2.22. The van der Waals surface area contributed by atoms with E-state index in [0.29, 0.717) is 11.4 Å². The van der Waals surface area contributed by atoms with Crippen molar-refractivity contribution in [2.45, 2.75) is 20.3 Å². The molecule has 2 amide bonds. The summed E-state index contributed by atoms with van der Waals surface area (Å²) in [5.74, 6) is 1.46. The number of carbonyl (C=O) groups excluding carboxylic acids is 2. The van der Waals surface area contributed by atoms with Crippen molar-refractivity contribution < 1.29 is 14.3 Å². The van der Waals surface area contributed by atoms with E-state index in [1.54, 1.807) is 24.3 Å². The minimum Gasteiger partial charge on any atom is -0.457 e. The normalized spacial score (nSPS) is 30.9. The van der Waals surface area contributed by atoms with E-state index in [1.165, 1.54) is 10.5 Å². The van der Waals surface area contributed by atoms with Crippen LogP contribution < -0.4 is 9.64 Å². The van der Waals surface area contributed by atoms with Gasteiger partial charge in [0.2, 0.25) is 11.8 Å². The summed E-state index contributed by atoms with van der Waals surface area (Å²) in [6.45, 7) is 3.99. The van der Waals surface area contributed by atoms with Crippen molar-refractivity contribution in [1.82, 2.24) is 0 Å². The molecule has 0 unspecified atom stereocenters. The molecule has 1 heterocycles. The first-order chi connectivity index (χ1) is 13.0. The topological polar surface area (TPSA) is 46.6 Å². The maximum Gasteiger partial charge on any atom is 0.241 e. The van der Waals surface area contributed by atoms with Crippen molar-refractivity contribution in [2.75, 3.05) is 4.90 Å². The molecule has 2 aromatic rings. The number of rotatable bonds is 3. The van der Waals surface area contributed by atoms with Gasteiger partial charge in [0.25, 0.3) is 0 Å². The quantitative estimate of drug-likeness (QED) is 0.599. The number of amides is 2. The zero-order valence-electron chi connectivity index (χ0n) is 15.4. The summed E-state index contributed by atoms with van der Waals surface area (Å²) in [6.07, 6.45) is 5.16. The first-order valence-corrected chi connectivity index (χ1v) is 9.40. The van der Waals surface area contributed by atoms with Gasteiger partial charge in [0, 0.05) is 0 Å². The van der Waals surface area contributed by atoms with E-state index < -0.39 is 5.41 Å². The van der Waals surface area contributed by atoms with Crippen LogP contribution in [0.4, 0.5) is 5.69 Å². The lowest BCUT2D eigenvalue weighted by Crippen LogP contribution is -2.37. The number of benzene rings is 2. The standard InChI is InChI=1S/C23H21NO3/c1-14-3-9-18(10-4-14)27-19-11-7-17(8-12-19)24-21(25)20-15-5-6-16(13-15)23(20,2)22(24)26/h3-12,15-16,20H,13H2,1-2H3/t15-,16-,20+,23-/m0/s1. The summed E-state index contributed by atoms with van der Waals surface area (Å²) in [5.41, 5.74) is 1.20. The van der Waals surface area contributed by atoms with E-state index in [0.717, 1.165) is 12.2 Å². The molecule has 3 aliphatic rings. The number of nitrogens with zero attached hydrogens (tertiary/aromatic N) is 1. The molecule has 2 aliphatic carbocycles. The second-order valence-corrected chi connectivity index (χ2v) is 8.04. The molecule has 1 saturated carbocycles. The zero-order valence-corrected chi connectivity index (χ0v) is 15.4. The van der Waals surface area contributed by atoms with Gasteiger partial charge in [0.1, 0.15) is 11.5 Å². The summed E-state index contributed by atoms with van der Waals surface area (Å²) < 4.78 is 5.84. The largest absolute Gasteiger partial charge is 0.457 e. The first-order valence-electron chi connectivity index (χ1n) is 9.40. The van der Waals surface area contributed by atoms with Gasteiger partial charge in [-0.2, -0.15) is 0 Å². The molecule has 27 heavy (non-hydrogen) atoms. The number of hydrogen-bond donors (Lipinski definition) is 0. The van der Waals surface area contributed by atoms with Crippen LogP contribution in [0.3, 0.4) is 0 Å². The second kappa shape index (κ2) is 5.56. The van der Waals surface area contributed by atoms with Crippen molar-refractivity contribution in [1.29, 1.82) is 0 Å². The lowest BCUT2D eigenvalue weighted by atomic mass is 9.71. The Hall–Kier alpha value is -2.88. The van der Waals surface area contributed by atoms with Crippen LogP contribution in [-0.4, -0.2) is 11.8 Å². The first kappa shape index (κ1) is 16.3. The van der Waals surface area contributed by atoms with Crippen LogP contribution in [0.1, 0.15) is 18.9 Å². The fraction of sp³-hybridized carbons (Fsp3) is 0.304. The van der Waals surface area contributed by atoms with Crippen LogP contribution in [0, 0.1) is 30.1 Å². The molecule has 1 aliphatic heterocycles. The molecule has 4 atom stereocenters. The van der Waals surface area contributed by atoms with Gasteiger partial charge in [0.15, 0.2) is 0 Å². The van der Waals surface area contributed by atoms with Crippen LogP contribution in [-0.2, 0) is 9.59 Å². The molecule has 2 fully saturated rings. The van der Waals surface area contributed by atoms with Crippen molar-refractivity contribution in [3.63, 3.8) is 0 Å². The molecular formula is C23H21NO3. The Balaban J connectivity index is 1.40. The maximum absolute atomic E-state index is 13.2. The Bertz CT molecular complexity index is 960. The SMILES string of the molecule is Cc1ccc(Oc2ccc(N3C(=O)[C@H]4[C@H]5C=C[C@@H](C5)[C@]4(C)C3=O)cc2)cc1. The molecule has 136 valence electrons. The van der Waals surface area contributed by atoms with Crippen LogP contribution in [0.15, 0.2) is 60.7 Å². The molecule has 0 N–H and O–H groups in total. The highest BCUT2D eigenvalue weighted by Crippen LogP contribution is 2.60. The number of anilines is 1. The van der Waals surface area contributed by atoms with Gasteiger partial charge in [-0.25, -0.2) is 4.90 Å². The average Bonchev–Trinajstić information content (AvgIpc) is 3.30. The number of fused-ring (bicyclic) bond motifs is 5. The van der Waals surface area contributed by atoms with Gasteiger partial charge in [-0.05, 0) is 68.5 Å². The average molecular weight is 359 g/mol. The van der Waals surface area contributed by atoms with Gasteiger partial charge in [-0.3, -0.25) is 9.59 Å². The lowest BCUT2D eigenvalue weighted by Gasteiger charge is -2.28. The Morgan fingerprint density at radius 1 is 0.963 bits per heavy atom. The Labute approximate surface area is 158 Å². The molecule has 2 aromatic carbocycles. The molecule has 0 radical (unpaired) electrons. The van der Waals surface area contributed by atoms with Crippen molar-refractivity contribution >= 4 is 17.5 Å². The highest BCUT2D eigenvalue weighted by Gasteiger charge is 2.67. The summed E-state index contributed by atoms with van der Waals surface area (Å²) in [5, 5.41) is 0. The smallest absolute Gasteiger partial charge is 0.241 e. The number of carbonyl (C=O) groups is 2. The molecule has 1 saturated heterocycles. The molecule has 0 aromatic heterocycles. The highest BCUT2D eigenvalue weighted by atomic mass is 16.5. The highest BCUT2D eigenvalue weighted by molar-refractivity contribution is 6.24. The van der Waals surface area contributed by atoms with Crippen molar-refractivity contribution in [3.05, 3.63) is 66.2 Å². The minimum absolute atomic E-state index is 0.0634. The fourth-order valence-corrected chi connectivity index (χ4v) is 4.96. The molecule has 4 heteroatoms. The van der Waals surface area contributed by atoms with Gasteiger partial charge in [0.05, 0.1) is 17.0 Å². The minimum atomic E-state index is -0.590. The Kier molecular flexibility index (Phi) is 3.36. The second-order valence-electron chi connectivity index (χ2n) is 8.04. The van der Waals surface area contributed by atoms with Gasteiger partial charge in [-0.15, -0.1) is 0 Å². The number of ether oxygens (including phenoxy) is 1. The Morgan fingerprint density at radius 2 is 1.59 bits per heavy atom. The van der Waals surface area contributed by atoms with Crippen LogP contribution >= 0.6 is 0 Å². The molecule has 4 nitrogen and oxygen atoms in total. The van der Waals surface area contributed by atoms with Crippen LogP contribution in [0.2, 0.25) is 0 Å². The number of aryl methyl sites for hydroxylation is 1. The van der Waals surface area contributed by atoms with Crippen LogP contribution in [0.5, 0.6) is 11.5 Å². The molecule has 2 bridgehead atoms. The lowest BCUT2D eigenvalue weighted by molar-refractivity contribution is -0.127. The van der Waals surface area contributed by atoms with Gasteiger partial charge >= 0.3 is 0 Å². The summed E-state index contributed by atoms with van der Waals surface area (Å²) in [4.78, 5) is 27.6. The maximum atomic E-state index is 13.2. The number of imide groups is 1. The van der Waals surface area contributed by atoms with E-state index in [-0.39, 0.29) is 29.6 Å². The third-order valence-electron chi connectivity index (χ3n) is 6.46. The van der Waals surface area contributed by atoms with E-state index in [9.17, 15) is 9.59 Å². The molecule has 5 rings (SSSR count). The summed E-state index contributed by atoms with van der Waals surface area (Å²) >= 11 is 0. The molecule has 0 spiro atoms. The third-order valence-corrected chi connectivity index (χ3v) is 6.46. The fourth-order valence-electron chi connectivity index (χ4n) is 4.96. The summed E-state index contributed by atoms with van der Waals surface area (Å²) in [7, 11) is 0. The monoisotopic (exact) mass is 359 g/mol. The molecular weight excluding hydrogens is 338 g/mol. The number of allylic oxidation sites excluding steroid dienone is 2.